The molecule has 2 aromatic heterocycles. The highest BCUT2D eigenvalue weighted by Gasteiger charge is 2.42. The third kappa shape index (κ3) is 4.43. The zero-order chi connectivity index (χ0) is 24.4. The summed E-state index contributed by atoms with van der Waals surface area (Å²) in [6.07, 6.45) is 1.82. The van der Waals surface area contributed by atoms with Gasteiger partial charge in [0.05, 0.1) is 17.8 Å². The predicted molar refractivity (Wildman–Crippen MR) is 139 cm³/mol. The molecule has 178 valence electrons. The van der Waals surface area contributed by atoms with Gasteiger partial charge in [-0.15, -0.1) is 0 Å². The zero-order valence-corrected chi connectivity index (χ0v) is 21.1. The first-order valence-corrected chi connectivity index (χ1v) is 11.8. The Morgan fingerprint density at radius 3 is 2.62 bits per heavy atom. The smallest absolute Gasteiger partial charge is 0.250 e. The average Bonchev–Trinajstić information content (AvgIpc) is 3.30. The minimum atomic E-state index is -0.184. The van der Waals surface area contributed by atoms with E-state index in [9.17, 15) is 4.79 Å². The molecule has 0 unspecified atom stereocenters. The maximum absolute atomic E-state index is 12.0. The second kappa shape index (κ2) is 9.95. The molecule has 1 amide bonds. The first-order valence-electron chi connectivity index (χ1n) is 11.4. The molecule has 0 saturated carbocycles. The Hall–Kier alpha value is -3.23. The first-order chi connectivity index (χ1) is 16.3. The van der Waals surface area contributed by atoms with E-state index in [1.807, 2.05) is 43.5 Å². The summed E-state index contributed by atoms with van der Waals surface area (Å²) in [5.74, 6) is -0.184. The van der Waals surface area contributed by atoms with E-state index in [1.54, 1.807) is 0 Å². The molecule has 0 radical (unpaired) electrons. The number of amides is 1. The van der Waals surface area contributed by atoms with Crippen molar-refractivity contribution in [3.63, 3.8) is 0 Å². The summed E-state index contributed by atoms with van der Waals surface area (Å²) in [5, 5.41) is 7.08. The largest absolute Gasteiger partial charge is 0.375 e. The Labute approximate surface area is 206 Å². The number of carbonyl (C=O) groups is 1. The lowest BCUT2D eigenvalue weighted by Crippen LogP contribution is -2.29. The molecule has 4 rings (SSSR count). The van der Waals surface area contributed by atoms with Crippen molar-refractivity contribution in [2.75, 3.05) is 23.9 Å². The molecule has 1 saturated heterocycles. The van der Waals surface area contributed by atoms with Crippen LogP contribution in [0.25, 0.3) is 0 Å². The van der Waals surface area contributed by atoms with Gasteiger partial charge in [-0.05, 0) is 87.4 Å². The van der Waals surface area contributed by atoms with Gasteiger partial charge in [-0.1, -0.05) is 6.07 Å². The number of hydrogen-bond donors (Lipinski definition) is 2. The van der Waals surface area contributed by atoms with Crippen LogP contribution in [-0.4, -0.2) is 34.3 Å². The van der Waals surface area contributed by atoms with E-state index in [4.69, 9.17) is 17.0 Å². The number of methoxy groups -OCH3 is 1. The Balaban J connectivity index is 1.78. The van der Waals surface area contributed by atoms with E-state index in [1.165, 1.54) is 24.1 Å². The second-order valence-electron chi connectivity index (χ2n) is 8.55. The van der Waals surface area contributed by atoms with Gasteiger partial charge in [0, 0.05) is 42.6 Å². The fourth-order valence-electron chi connectivity index (χ4n) is 4.82. The number of ether oxygens (including phenoxy) is 1. The molecular weight excluding hydrogens is 446 g/mol. The molecule has 0 spiro atoms. The van der Waals surface area contributed by atoms with Crippen LogP contribution in [-0.2, 0) is 16.1 Å². The maximum atomic E-state index is 12.0. The highest BCUT2D eigenvalue weighted by Crippen LogP contribution is 2.43. The summed E-state index contributed by atoms with van der Waals surface area (Å²) in [4.78, 5) is 18.8. The number of nitrogens with zero attached hydrogens (tertiary/aromatic N) is 3. The van der Waals surface area contributed by atoms with Crippen LogP contribution >= 0.6 is 12.2 Å². The number of rotatable bonds is 7. The maximum Gasteiger partial charge on any atom is 0.250 e. The van der Waals surface area contributed by atoms with Gasteiger partial charge in [0.2, 0.25) is 5.91 Å². The average molecular weight is 478 g/mol. The van der Waals surface area contributed by atoms with Gasteiger partial charge in [-0.3, -0.25) is 9.78 Å². The number of pyridine rings is 1. The Bertz CT molecular complexity index is 1210. The lowest BCUT2D eigenvalue weighted by Gasteiger charge is -2.29. The minimum absolute atomic E-state index is 0.0161. The van der Waals surface area contributed by atoms with Crippen LogP contribution < -0.4 is 15.5 Å². The third-order valence-corrected chi connectivity index (χ3v) is 6.70. The first kappa shape index (κ1) is 23.9. The van der Waals surface area contributed by atoms with Crippen molar-refractivity contribution in [3.05, 3.63) is 76.9 Å². The van der Waals surface area contributed by atoms with Crippen LogP contribution in [0.1, 0.15) is 47.2 Å². The number of thiocarbonyl (C=S) groups is 1. The lowest BCUT2D eigenvalue weighted by molar-refractivity contribution is -0.119. The topological polar surface area (TPSA) is 71.4 Å². The van der Waals surface area contributed by atoms with Crippen LogP contribution in [0.5, 0.6) is 0 Å². The quantitative estimate of drug-likeness (QED) is 0.485. The molecule has 2 atom stereocenters. The molecule has 3 heterocycles. The van der Waals surface area contributed by atoms with Crippen molar-refractivity contribution in [3.8, 4) is 0 Å². The number of aromatic nitrogens is 2. The zero-order valence-electron chi connectivity index (χ0n) is 20.3. The number of hydrogen-bond acceptors (Lipinski definition) is 4. The molecule has 2 N–H and O–H groups in total. The molecule has 1 fully saturated rings. The molecule has 34 heavy (non-hydrogen) atoms. The monoisotopic (exact) mass is 477 g/mol. The Morgan fingerprint density at radius 2 is 2.00 bits per heavy atom. The van der Waals surface area contributed by atoms with Crippen molar-refractivity contribution in [2.24, 2.45) is 0 Å². The van der Waals surface area contributed by atoms with Gasteiger partial charge in [-0.25, -0.2) is 0 Å². The molecule has 1 aromatic carbocycles. The van der Waals surface area contributed by atoms with E-state index >= 15 is 0 Å². The SMILES string of the molecule is CCn1c(C)cc([C@H]2[C@@H](c3ccccn3)NC(=S)N2c2ccc(NC(=O)COC)c(C)c2)c1C. The number of benzene rings is 1. The summed E-state index contributed by atoms with van der Waals surface area (Å²) < 4.78 is 7.25. The number of nitrogens with one attached hydrogen (secondary N) is 2. The number of anilines is 2. The van der Waals surface area contributed by atoms with Crippen molar-refractivity contribution >= 4 is 34.6 Å². The fraction of sp³-hybridized carbons (Fsp3) is 0.346. The van der Waals surface area contributed by atoms with Crippen LogP contribution in [0.3, 0.4) is 0 Å². The highest BCUT2D eigenvalue weighted by atomic mass is 32.1. The molecule has 0 aliphatic carbocycles. The number of carbonyl (C=O) groups excluding carboxylic acids is 1. The Kier molecular flexibility index (Phi) is 7.00. The van der Waals surface area contributed by atoms with Crippen molar-refractivity contribution in [1.29, 1.82) is 0 Å². The summed E-state index contributed by atoms with van der Waals surface area (Å²) in [5.41, 5.74) is 7.28. The molecule has 1 aliphatic rings. The summed E-state index contributed by atoms with van der Waals surface area (Å²) >= 11 is 5.86. The second-order valence-corrected chi connectivity index (χ2v) is 8.93. The van der Waals surface area contributed by atoms with Crippen LogP contribution in [0.4, 0.5) is 11.4 Å². The van der Waals surface area contributed by atoms with E-state index in [2.05, 4.69) is 58.0 Å². The number of aryl methyl sites for hydroxylation is 2. The van der Waals surface area contributed by atoms with Crippen LogP contribution in [0, 0.1) is 20.8 Å². The predicted octanol–water partition coefficient (Wildman–Crippen LogP) is 4.59. The fourth-order valence-corrected chi connectivity index (χ4v) is 5.16. The van der Waals surface area contributed by atoms with E-state index in [0.29, 0.717) is 5.11 Å². The molecule has 7 nitrogen and oxygen atoms in total. The van der Waals surface area contributed by atoms with Gasteiger partial charge in [0.15, 0.2) is 5.11 Å². The lowest BCUT2D eigenvalue weighted by atomic mass is 9.96. The molecule has 8 heteroatoms. The summed E-state index contributed by atoms with van der Waals surface area (Å²) in [6, 6.07) is 14.0. The van der Waals surface area contributed by atoms with Crippen LogP contribution in [0.2, 0.25) is 0 Å². The standard InChI is InChI=1S/C26H31N5O2S/c1-6-30-17(3)14-20(18(30)4)25-24(22-9-7-8-12-27-22)29-26(34)31(25)19-10-11-21(16(2)13-19)28-23(32)15-33-5/h7-14,24-25H,6,15H2,1-5H3,(H,28,32)(H,29,34)/t24-,25+/m1/s1. The van der Waals surface area contributed by atoms with Gasteiger partial charge in [0.1, 0.15) is 6.61 Å². The Morgan fingerprint density at radius 1 is 1.21 bits per heavy atom. The van der Waals surface area contributed by atoms with E-state index in [0.717, 1.165) is 29.2 Å². The van der Waals surface area contributed by atoms with Crippen molar-refractivity contribution < 1.29 is 9.53 Å². The molecule has 1 aliphatic heterocycles. The van der Waals surface area contributed by atoms with E-state index < -0.39 is 0 Å². The van der Waals surface area contributed by atoms with Gasteiger partial charge >= 0.3 is 0 Å². The van der Waals surface area contributed by atoms with Crippen LogP contribution in [0.15, 0.2) is 48.7 Å². The highest BCUT2D eigenvalue weighted by molar-refractivity contribution is 7.80. The van der Waals surface area contributed by atoms with Gasteiger partial charge in [0.25, 0.3) is 0 Å². The summed E-state index contributed by atoms with van der Waals surface area (Å²) in [7, 11) is 1.50. The molecule has 0 bridgehead atoms. The van der Waals surface area contributed by atoms with Gasteiger partial charge < -0.3 is 24.8 Å². The van der Waals surface area contributed by atoms with E-state index in [-0.39, 0.29) is 24.6 Å². The van der Waals surface area contributed by atoms with Crippen molar-refractivity contribution in [2.45, 2.75) is 46.3 Å². The molecule has 3 aromatic rings. The third-order valence-electron chi connectivity index (χ3n) is 6.38. The summed E-state index contributed by atoms with van der Waals surface area (Å²) in [6.45, 7) is 9.37. The van der Waals surface area contributed by atoms with Crippen molar-refractivity contribution in [1.82, 2.24) is 14.9 Å². The normalized spacial score (nSPS) is 17.7. The van der Waals surface area contributed by atoms with Gasteiger partial charge in [-0.2, -0.15) is 0 Å². The molecular formula is C26H31N5O2S. The minimum Gasteiger partial charge on any atom is -0.375 e.